The summed E-state index contributed by atoms with van der Waals surface area (Å²) in [5.41, 5.74) is 1.20. The van der Waals surface area contributed by atoms with Gasteiger partial charge in [-0.2, -0.15) is 0 Å². The second-order valence-corrected chi connectivity index (χ2v) is 6.54. The first kappa shape index (κ1) is 13.3. The Hall–Kier alpha value is -1.13. The lowest BCUT2D eigenvalue weighted by molar-refractivity contribution is 0.0759. The van der Waals surface area contributed by atoms with Crippen LogP contribution in [0.5, 0.6) is 0 Å². The van der Waals surface area contributed by atoms with Crippen molar-refractivity contribution in [3.05, 3.63) is 43.8 Å². The molecule has 1 amide bonds. The first-order valence-corrected chi connectivity index (χ1v) is 7.70. The second kappa shape index (κ2) is 5.67. The van der Waals surface area contributed by atoms with Crippen LogP contribution in [0.1, 0.15) is 31.9 Å². The molecule has 0 aliphatic rings. The Morgan fingerprint density at radius 1 is 1.39 bits per heavy atom. The molecule has 2 aromatic rings. The van der Waals surface area contributed by atoms with Crippen molar-refractivity contribution in [2.45, 2.75) is 27.3 Å². The summed E-state index contributed by atoms with van der Waals surface area (Å²) >= 11 is 3.29. The van der Waals surface area contributed by atoms with Crippen LogP contribution in [0.4, 0.5) is 0 Å². The van der Waals surface area contributed by atoms with E-state index in [0.29, 0.717) is 6.54 Å². The SMILES string of the molecule is CCN(Cc1cccs1)C(=O)c1cc(C)c(C)s1. The minimum atomic E-state index is 0.145. The van der Waals surface area contributed by atoms with E-state index in [1.165, 1.54) is 15.3 Å². The van der Waals surface area contributed by atoms with Gasteiger partial charge in [-0.25, -0.2) is 0 Å². The fraction of sp³-hybridized carbons (Fsp3) is 0.357. The highest BCUT2D eigenvalue weighted by Crippen LogP contribution is 2.23. The van der Waals surface area contributed by atoms with Crippen LogP contribution in [0.2, 0.25) is 0 Å². The van der Waals surface area contributed by atoms with Gasteiger partial charge in [0.05, 0.1) is 11.4 Å². The lowest BCUT2D eigenvalue weighted by Gasteiger charge is -2.19. The van der Waals surface area contributed by atoms with Crippen LogP contribution in [-0.2, 0) is 6.54 Å². The quantitative estimate of drug-likeness (QED) is 0.825. The van der Waals surface area contributed by atoms with Crippen molar-refractivity contribution in [2.75, 3.05) is 6.54 Å². The summed E-state index contributed by atoms with van der Waals surface area (Å²) in [5.74, 6) is 0.145. The number of thiophene rings is 2. The van der Waals surface area contributed by atoms with Crippen LogP contribution in [0, 0.1) is 13.8 Å². The summed E-state index contributed by atoms with van der Waals surface area (Å²) in [4.78, 5) is 17.6. The lowest BCUT2D eigenvalue weighted by Crippen LogP contribution is -2.29. The molecule has 0 saturated carbocycles. The van der Waals surface area contributed by atoms with E-state index in [-0.39, 0.29) is 5.91 Å². The molecule has 0 fully saturated rings. The highest BCUT2D eigenvalue weighted by Gasteiger charge is 2.17. The first-order valence-electron chi connectivity index (χ1n) is 6.00. The first-order chi connectivity index (χ1) is 8.61. The Bertz CT molecular complexity index is 508. The van der Waals surface area contributed by atoms with E-state index in [2.05, 4.69) is 19.9 Å². The summed E-state index contributed by atoms with van der Waals surface area (Å²) in [6, 6.07) is 6.10. The van der Waals surface area contributed by atoms with Gasteiger partial charge in [0.15, 0.2) is 0 Å². The molecule has 0 aliphatic carbocycles. The molecule has 0 atom stereocenters. The monoisotopic (exact) mass is 279 g/mol. The lowest BCUT2D eigenvalue weighted by atomic mass is 10.2. The predicted molar refractivity (Wildman–Crippen MR) is 78.5 cm³/mol. The molecule has 0 bridgehead atoms. The van der Waals surface area contributed by atoms with Gasteiger partial charge in [0.25, 0.3) is 5.91 Å². The molecule has 2 nitrogen and oxygen atoms in total. The number of hydrogen-bond acceptors (Lipinski definition) is 3. The summed E-state index contributed by atoms with van der Waals surface area (Å²) in [7, 11) is 0. The Balaban J connectivity index is 2.15. The molecule has 2 aromatic heterocycles. The van der Waals surface area contributed by atoms with Crippen molar-refractivity contribution in [1.29, 1.82) is 0 Å². The van der Waals surface area contributed by atoms with Gasteiger partial charge in [-0.05, 0) is 43.8 Å². The maximum atomic E-state index is 12.4. The topological polar surface area (TPSA) is 20.3 Å². The summed E-state index contributed by atoms with van der Waals surface area (Å²) in [6.07, 6.45) is 0. The van der Waals surface area contributed by atoms with E-state index in [4.69, 9.17) is 0 Å². The molecular weight excluding hydrogens is 262 g/mol. The van der Waals surface area contributed by atoms with Gasteiger partial charge in [0.2, 0.25) is 0 Å². The molecule has 0 aliphatic heterocycles. The zero-order valence-corrected chi connectivity index (χ0v) is 12.5. The van der Waals surface area contributed by atoms with Crippen molar-refractivity contribution < 1.29 is 4.79 Å². The van der Waals surface area contributed by atoms with Gasteiger partial charge >= 0.3 is 0 Å². The van der Waals surface area contributed by atoms with Crippen molar-refractivity contribution in [3.8, 4) is 0 Å². The number of carbonyl (C=O) groups is 1. The molecule has 0 aromatic carbocycles. The minimum Gasteiger partial charge on any atom is -0.333 e. The minimum absolute atomic E-state index is 0.145. The molecule has 2 heterocycles. The summed E-state index contributed by atoms with van der Waals surface area (Å²) in [6.45, 7) is 7.60. The third-order valence-corrected chi connectivity index (χ3v) is 4.97. The number of rotatable bonds is 4. The standard InChI is InChI=1S/C14H17NOS2/c1-4-15(9-12-6-5-7-17-12)14(16)13-8-10(2)11(3)18-13/h5-8H,4,9H2,1-3H3. The molecular formula is C14H17NOS2. The largest absolute Gasteiger partial charge is 0.333 e. The van der Waals surface area contributed by atoms with E-state index in [0.717, 1.165) is 11.4 Å². The van der Waals surface area contributed by atoms with Crippen LogP contribution in [0.15, 0.2) is 23.6 Å². The van der Waals surface area contributed by atoms with Crippen LogP contribution in [0.3, 0.4) is 0 Å². The molecule has 18 heavy (non-hydrogen) atoms. The van der Waals surface area contributed by atoms with E-state index in [1.54, 1.807) is 22.7 Å². The van der Waals surface area contributed by atoms with E-state index in [9.17, 15) is 4.79 Å². The fourth-order valence-electron chi connectivity index (χ4n) is 1.75. The number of amides is 1. The zero-order valence-electron chi connectivity index (χ0n) is 10.9. The zero-order chi connectivity index (χ0) is 13.1. The van der Waals surface area contributed by atoms with E-state index in [1.807, 2.05) is 29.3 Å². The molecule has 0 unspecified atom stereocenters. The maximum Gasteiger partial charge on any atom is 0.264 e. The Labute approximate surface area is 116 Å². The Kier molecular flexibility index (Phi) is 4.19. The maximum absolute atomic E-state index is 12.4. The smallest absolute Gasteiger partial charge is 0.264 e. The summed E-state index contributed by atoms with van der Waals surface area (Å²) < 4.78 is 0. The van der Waals surface area contributed by atoms with Crippen LogP contribution < -0.4 is 0 Å². The van der Waals surface area contributed by atoms with Crippen molar-refractivity contribution >= 4 is 28.6 Å². The van der Waals surface area contributed by atoms with E-state index < -0.39 is 0 Å². The molecule has 2 rings (SSSR count). The molecule has 0 spiro atoms. The van der Waals surface area contributed by atoms with Gasteiger partial charge in [-0.3, -0.25) is 4.79 Å². The number of hydrogen-bond donors (Lipinski definition) is 0. The number of carbonyl (C=O) groups excluding carboxylic acids is 1. The van der Waals surface area contributed by atoms with Crippen LogP contribution in [0.25, 0.3) is 0 Å². The normalized spacial score (nSPS) is 10.6. The third kappa shape index (κ3) is 2.82. The van der Waals surface area contributed by atoms with E-state index >= 15 is 0 Å². The number of nitrogens with zero attached hydrogens (tertiary/aromatic N) is 1. The third-order valence-electron chi connectivity index (χ3n) is 2.97. The Morgan fingerprint density at radius 2 is 2.17 bits per heavy atom. The van der Waals surface area contributed by atoms with Gasteiger partial charge in [0, 0.05) is 16.3 Å². The van der Waals surface area contributed by atoms with Crippen LogP contribution >= 0.6 is 22.7 Å². The average Bonchev–Trinajstić information content (AvgIpc) is 2.96. The molecule has 0 N–H and O–H groups in total. The Morgan fingerprint density at radius 3 is 2.67 bits per heavy atom. The highest BCUT2D eigenvalue weighted by atomic mass is 32.1. The van der Waals surface area contributed by atoms with Gasteiger partial charge in [-0.15, -0.1) is 22.7 Å². The average molecular weight is 279 g/mol. The summed E-state index contributed by atoms with van der Waals surface area (Å²) in [5, 5.41) is 2.05. The predicted octanol–water partition coefficient (Wildman–Crippen LogP) is 4.09. The number of aryl methyl sites for hydroxylation is 2. The van der Waals surface area contributed by atoms with Gasteiger partial charge in [0.1, 0.15) is 0 Å². The van der Waals surface area contributed by atoms with Crippen molar-refractivity contribution in [1.82, 2.24) is 4.90 Å². The van der Waals surface area contributed by atoms with Crippen molar-refractivity contribution in [2.24, 2.45) is 0 Å². The van der Waals surface area contributed by atoms with Gasteiger partial charge < -0.3 is 4.90 Å². The molecule has 96 valence electrons. The van der Waals surface area contributed by atoms with Crippen molar-refractivity contribution in [3.63, 3.8) is 0 Å². The molecule has 0 saturated heterocycles. The second-order valence-electron chi connectivity index (χ2n) is 4.25. The van der Waals surface area contributed by atoms with Crippen LogP contribution in [-0.4, -0.2) is 17.4 Å². The highest BCUT2D eigenvalue weighted by molar-refractivity contribution is 7.14. The fourth-order valence-corrected chi connectivity index (χ4v) is 3.47. The molecule has 4 heteroatoms. The van der Waals surface area contributed by atoms with Gasteiger partial charge in [-0.1, -0.05) is 6.07 Å². The molecule has 0 radical (unpaired) electrons.